The molecule has 0 aromatic heterocycles. The average molecular weight is 248 g/mol. The summed E-state index contributed by atoms with van der Waals surface area (Å²) in [6, 6.07) is 6.84. The molecule has 1 aromatic carbocycles. The van der Waals surface area contributed by atoms with Crippen LogP contribution in [0.3, 0.4) is 0 Å². The lowest BCUT2D eigenvalue weighted by molar-refractivity contribution is 0.271. The van der Waals surface area contributed by atoms with Gasteiger partial charge in [-0.3, -0.25) is 0 Å². The molecule has 100 valence electrons. The fraction of sp³-hybridized carbons (Fsp3) is 0.600. The molecule has 0 bridgehead atoms. The minimum Gasteiger partial charge on any atom is -0.497 e. The second-order valence-corrected chi connectivity index (χ2v) is 5.59. The molecule has 1 aromatic rings. The van der Waals surface area contributed by atoms with Crippen LogP contribution in [0.5, 0.6) is 5.75 Å². The fourth-order valence-electron chi connectivity index (χ4n) is 2.93. The molecule has 3 nitrogen and oxygen atoms in total. The molecular formula is C15H24N2O. The number of hydrogen-bond donors (Lipinski definition) is 2. The number of hydrogen-bond acceptors (Lipinski definition) is 3. The van der Waals surface area contributed by atoms with E-state index in [2.05, 4.69) is 31.3 Å². The summed E-state index contributed by atoms with van der Waals surface area (Å²) in [5.74, 6) is 0.936. The van der Waals surface area contributed by atoms with E-state index in [1.54, 1.807) is 7.11 Å². The first kappa shape index (κ1) is 13.4. The zero-order valence-corrected chi connectivity index (χ0v) is 11.6. The Kier molecular flexibility index (Phi) is 3.93. The highest BCUT2D eigenvalue weighted by Crippen LogP contribution is 2.31. The summed E-state index contributed by atoms with van der Waals surface area (Å²) < 4.78 is 5.31. The summed E-state index contributed by atoms with van der Waals surface area (Å²) in [7, 11) is 1.72. The summed E-state index contributed by atoms with van der Waals surface area (Å²) in [5.41, 5.74) is 8.88. The molecule has 0 fully saturated rings. The first-order valence-electron chi connectivity index (χ1n) is 6.72. The molecule has 2 rings (SSSR count). The van der Waals surface area contributed by atoms with Crippen LogP contribution in [0, 0.1) is 0 Å². The quantitative estimate of drug-likeness (QED) is 0.855. The van der Waals surface area contributed by atoms with Crippen LogP contribution < -0.4 is 15.8 Å². The lowest BCUT2D eigenvalue weighted by Crippen LogP contribution is -2.57. The third kappa shape index (κ3) is 2.68. The zero-order valence-electron chi connectivity index (χ0n) is 11.6. The Bertz CT molecular complexity index is 417. The van der Waals surface area contributed by atoms with E-state index < -0.39 is 0 Å². The van der Waals surface area contributed by atoms with Gasteiger partial charge < -0.3 is 15.8 Å². The van der Waals surface area contributed by atoms with Crippen LogP contribution in [-0.2, 0) is 12.8 Å². The maximum atomic E-state index is 6.02. The number of ether oxygens (including phenoxy) is 1. The van der Waals surface area contributed by atoms with Crippen LogP contribution >= 0.6 is 0 Å². The van der Waals surface area contributed by atoms with Crippen molar-refractivity contribution in [2.45, 2.75) is 44.7 Å². The Morgan fingerprint density at radius 2 is 2.17 bits per heavy atom. The molecule has 1 atom stereocenters. The van der Waals surface area contributed by atoms with Gasteiger partial charge in [0.1, 0.15) is 5.75 Å². The Balaban J connectivity index is 2.25. The predicted octanol–water partition coefficient (Wildman–Crippen LogP) is 1.88. The molecule has 0 aliphatic heterocycles. The van der Waals surface area contributed by atoms with Gasteiger partial charge in [0, 0.05) is 18.1 Å². The monoisotopic (exact) mass is 248 g/mol. The van der Waals surface area contributed by atoms with E-state index in [1.807, 2.05) is 6.07 Å². The van der Waals surface area contributed by atoms with Crippen molar-refractivity contribution in [1.82, 2.24) is 5.32 Å². The molecule has 1 unspecified atom stereocenters. The molecule has 3 heteroatoms. The largest absolute Gasteiger partial charge is 0.497 e. The standard InChI is InChI=1S/C15H24N2O/c1-11(2)17-15(10-16)7-6-12-4-5-14(18-3)8-13(12)9-15/h4-5,8,11,17H,6-7,9-10,16H2,1-3H3. The predicted molar refractivity (Wildman–Crippen MR) is 75.1 cm³/mol. The van der Waals surface area contributed by atoms with Crippen molar-refractivity contribution in [3.63, 3.8) is 0 Å². The zero-order chi connectivity index (χ0) is 13.2. The first-order valence-corrected chi connectivity index (χ1v) is 6.72. The number of nitrogens with one attached hydrogen (secondary N) is 1. The Morgan fingerprint density at radius 3 is 2.78 bits per heavy atom. The molecule has 0 radical (unpaired) electrons. The molecular weight excluding hydrogens is 224 g/mol. The average Bonchev–Trinajstić information content (AvgIpc) is 2.37. The van der Waals surface area contributed by atoms with Gasteiger partial charge in [0.15, 0.2) is 0 Å². The van der Waals surface area contributed by atoms with Gasteiger partial charge in [-0.1, -0.05) is 19.9 Å². The highest BCUT2D eigenvalue weighted by atomic mass is 16.5. The van der Waals surface area contributed by atoms with Crippen LogP contribution in [0.25, 0.3) is 0 Å². The summed E-state index contributed by atoms with van der Waals surface area (Å²) in [4.78, 5) is 0. The molecule has 0 saturated heterocycles. The topological polar surface area (TPSA) is 47.3 Å². The molecule has 3 N–H and O–H groups in total. The smallest absolute Gasteiger partial charge is 0.119 e. The highest BCUT2D eigenvalue weighted by Gasteiger charge is 2.33. The molecule has 1 aliphatic carbocycles. The third-order valence-corrected chi connectivity index (χ3v) is 3.80. The van der Waals surface area contributed by atoms with Crippen LogP contribution in [0.2, 0.25) is 0 Å². The van der Waals surface area contributed by atoms with Gasteiger partial charge in [-0.2, -0.15) is 0 Å². The third-order valence-electron chi connectivity index (χ3n) is 3.80. The summed E-state index contributed by atoms with van der Waals surface area (Å²) in [5, 5.41) is 3.66. The molecule has 0 amide bonds. The lowest BCUT2D eigenvalue weighted by Gasteiger charge is -2.40. The maximum Gasteiger partial charge on any atom is 0.119 e. The van der Waals surface area contributed by atoms with E-state index >= 15 is 0 Å². The van der Waals surface area contributed by atoms with Crippen molar-refractivity contribution in [3.05, 3.63) is 29.3 Å². The van der Waals surface area contributed by atoms with Gasteiger partial charge in [0.05, 0.1) is 7.11 Å². The van der Waals surface area contributed by atoms with Crippen molar-refractivity contribution in [3.8, 4) is 5.75 Å². The molecule has 0 saturated carbocycles. The summed E-state index contributed by atoms with van der Waals surface area (Å²) in [6.45, 7) is 5.04. The molecule has 18 heavy (non-hydrogen) atoms. The maximum absolute atomic E-state index is 6.02. The highest BCUT2D eigenvalue weighted by molar-refractivity contribution is 5.39. The van der Waals surface area contributed by atoms with Crippen molar-refractivity contribution < 1.29 is 4.74 Å². The van der Waals surface area contributed by atoms with Crippen LogP contribution in [0.4, 0.5) is 0 Å². The van der Waals surface area contributed by atoms with Crippen molar-refractivity contribution in [1.29, 1.82) is 0 Å². The number of fused-ring (bicyclic) bond motifs is 1. The van der Waals surface area contributed by atoms with E-state index in [0.717, 1.165) is 25.0 Å². The van der Waals surface area contributed by atoms with Crippen LogP contribution in [0.15, 0.2) is 18.2 Å². The Labute approximate surface area is 110 Å². The van der Waals surface area contributed by atoms with Crippen molar-refractivity contribution in [2.75, 3.05) is 13.7 Å². The van der Waals surface area contributed by atoms with Crippen molar-refractivity contribution in [2.24, 2.45) is 5.73 Å². The van der Waals surface area contributed by atoms with E-state index in [-0.39, 0.29) is 5.54 Å². The first-order chi connectivity index (χ1) is 8.58. The molecule has 0 heterocycles. The second-order valence-electron chi connectivity index (χ2n) is 5.59. The van der Waals surface area contributed by atoms with Crippen LogP contribution in [-0.4, -0.2) is 25.2 Å². The van der Waals surface area contributed by atoms with Gasteiger partial charge in [0.25, 0.3) is 0 Å². The van der Waals surface area contributed by atoms with E-state index in [4.69, 9.17) is 10.5 Å². The fourth-order valence-corrected chi connectivity index (χ4v) is 2.93. The molecule has 1 aliphatic rings. The van der Waals surface area contributed by atoms with E-state index in [0.29, 0.717) is 12.6 Å². The van der Waals surface area contributed by atoms with Crippen LogP contribution in [0.1, 0.15) is 31.4 Å². The number of aryl methyl sites for hydroxylation is 1. The minimum absolute atomic E-state index is 0.0491. The summed E-state index contributed by atoms with van der Waals surface area (Å²) >= 11 is 0. The van der Waals surface area contributed by atoms with Gasteiger partial charge >= 0.3 is 0 Å². The van der Waals surface area contributed by atoms with Gasteiger partial charge in [-0.15, -0.1) is 0 Å². The molecule has 0 spiro atoms. The van der Waals surface area contributed by atoms with Crippen molar-refractivity contribution >= 4 is 0 Å². The van der Waals surface area contributed by atoms with Gasteiger partial charge in [-0.25, -0.2) is 0 Å². The second kappa shape index (κ2) is 5.29. The minimum atomic E-state index is 0.0491. The number of benzene rings is 1. The summed E-state index contributed by atoms with van der Waals surface area (Å²) in [6.07, 6.45) is 3.20. The number of nitrogens with two attached hydrogens (primary N) is 1. The van der Waals surface area contributed by atoms with E-state index in [9.17, 15) is 0 Å². The SMILES string of the molecule is COc1ccc2c(c1)CC(CN)(NC(C)C)CC2. The van der Waals surface area contributed by atoms with E-state index in [1.165, 1.54) is 11.1 Å². The lowest BCUT2D eigenvalue weighted by atomic mass is 9.77. The Hall–Kier alpha value is -1.06. The number of methoxy groups -OCH3 is 1. The number of rotatable bonds is 4. The normalized spacial score (nSPS) is 22.9. The Morgan fingerprint density at radius 1 is 1.39 bits per heavy atom. The van der Waals surface area contributed by atoms with Gasteiger partial charge in [0.2, 0.25) is 0 Å². The van der Waals surface area contributed by atoms with Gasteiger partial charge in [-0.05, 0) is 42.5 Å².